The number of hydrogen-bond donors (Lipinski definition) is 3. The van der Waals surface area contributed by atoms with Crippen LogP contribution in [0.4, 0.5) is 0 Å². The van der Waals surface area contributed by atoms with Gasteiger partial charge in [-0.3, -0.25) is 0 Å². The summed E-state index contributed by atoms with van der Waals surface area (Å²) >= 11 is 0. The monoisotopic (exact) mass is 459 g/mol. The van der Waals surface area contributed by atoms with Gasteiger partial charge in [-0.15, -0.1) is 0 Å². The molecule has 0 fully saturated rings. The number of oxime groups is 2. The third-order valence-corrected chi connectivity index (χ3v) is 3.25. The molecule has 130 valence electrons. The van der Waals surface area contributed by atoms with E-state index in [4.69, 9.17) is 16.1 Å². The standard InChI is InChI=1S/C15H17N5O2.2BrH/c16-15(18-22)14-4-10-20(11-5-14)7-1-6-19-8-2-13(3-9-19)12-17-21;;/h2-5,8-12H,1,6-7,16H2;2*1H. The molecule has 0 saturated carbocycles. The molecule has 7 nitrogen and oxygen atoms in total. The molecule has 0 aromatic carbocycles. The van der Waals surface area contributed by atoms with Crippen molar-refractivity contribution in [3.05, 3.63) is 60.2 Å². The molecule has 0 aliphatic carbocycles. The molecular weight excluding hydrogens is 442 g/mol. The molecule has 4 N–H and O–H groups in total. The highest BCUT2D eigenvalue weighted by Crippen LogP contribution is 1.95. The van der Waals surface area contributed by atoms with Crippen LogP contribution >= 0.6 is 0 Å². The fourth-order valence-corrected chi connectivity index (χ4v) is 2.04. The second-order valence-electron chi connectivity index (χ2n) is 4.78. The third-order valence-electron chi connectivity index (χ3n) is 3.25. The molecule has 0 unspecified atom stereocenters. The van der Waals surface area contributed by atoms with Crippen molar-refractivity contribution in [2.24, 2.45) is 16.0 Å². The summed E-state index contributed by atoms with van der Waals surface area (Å²) < 4.78 is 4.11. The quantitative estimate of drug-likeness (QED) is 0.132. The molecule has 0 radical (unpaired) electrons. The van der Waals surface area contributed by atoms with Crippen LogP contribution in [0.1, 0.15) is 17.5 Å². The zero-order valence-electron chi connectivity index (χ0n) is 12.8. The Morgan fingerprint density at radius 1 is 0.958 bits per heavy atom. The lowest BCUT2D eigenvalue weighted by atomic mass is 10.2. The van der Waals surface area contributed by atoms with Gasteiger partial charge in [-0.05, 0) is 0 Å². The van der Waals surface area contributed by atoms with Gasteiger partial charge in [-0.1, -0.05) is 10.3 Å². The maximum Gasteiger partial charge on any atom is 0.170 e. The molecule has 2 heterocycles. The highest BCUT2D eigenvalue weighted by Gasteiger charge is 2.06. The van der Waals surface area contributed by atoms with Crippen molar-refractivity contribution in [2.75, 3.05) is 0 Å². The highest BCUT2D eigenvalue weighted by molar-refractivity contribution is 5.96. The van der Waals surface area contributed by atoms with Gasteiger partial charge in [0.15, 0.2) is 43.7 Å². The highest BCUT2D eigenvalue weighted by atomic mass is 79.9. The average Bonchev–Trinajstić information content (AvgIpc) is 2.56. The molecule has 0 bridgehead atoms. The summed E-state index contributed by atoms with van der Waals surface area (Å²) in [5.41, 5.74) is 7.06. The zero-order valence-corrected chi connectivity index (χ0v) is 16.0. The zero-order chi connectivity index (χ0) is 15.8. The molecule has 0 amide bonds. The molecular formula is C15H19Br2N5O2. The van der Waals surface area contributed by atoms with E-state index >= 15 is 0 Å². The van der Waals surface area contributed by atoms with E-state index < -0.39 is 0 Å². The average molecular weight is 461 g/mol. The van der Waals surface area contributed by atoms with Crippen molar-refractivity contribution in [2.45, 2.75) is 19.5 Å². The van der Waals surface area contributed by atoms with Gasteiger partial charge < -0.3 is 50.1 Å². The summed E-state index contributed by atoms with van der Waals surface area (Å²) in [6, 6.07) is 7.40. The van der Waals surface area contributed by atoms with Crippen LogP contribution in [-0.2, 0) is 13.1 Å². The van der Waals surface area contributed by atoms with Crippen LogP contribution in [0, 0.1) is 0 Å². The third kappa shape index (κ3) is 6.63. The Bertz CT molecular complexity index is 661. The molecule has 9 heteroatoms. The van der Waals surface area contributed by atoms with Crippen LogP contribution in [0.5, 0.6) is 0 Å². The maximum atomic E-state index is 8.61. The minimum absolute atomic E-state index is 0. The lowest BCUT2D eigenvalue weighted by Gasteiger charge is -1.99. The Labute approximate surface area is 161 Å². The molecule has 2 aromatic heterocycles. The minimum Gasteiger partial charge on any atom is -1.00 e. The van der Waals surface area contributed by atoms with E-state index in [0.29, 0.717) is 5.56 Å². The first-order valence-corrected chi connectivity index (χ1v) is 6.86. The molecule has 0 spiro atoms. The van der Waals surface area contributed by atoms with Crippen molar-refractivity contribution >= 4 is 12.1 Å². The van der Waals surface area contributed by atoms with E-state index in [-0.39, 0.29) is 39.8 Å². The van der Waals surface area contributed by atoms with Crippen molar-refractivity contribution in [3.8, 4) is 0 Å². The number of rotatable bonds is 6. The van der Waals surface area contributed by atoms with Crippen LogP contribution in [0.2, 0.25) is 0 Å². The van der Waals surface area contributed by atoms with Crippen LogP contribution in [0.25, 0.3) is 0 Å². The van der Waals surface area contributed by atoms with Crippen molar-refractivity contribution in [1.29, 1.82) is 0 Å². The first-order valence-electron chi connectivity index (χ1n) is 6.86. The van der Waals surface area contributed by atoms with Crippen LogP contribution in [0.3, 0.4) is 0 Å². The van der Waals surface area contributed by atoms with E-state index in [2.05, 4.69) is 14.9 Å². The lowest BCUT2D eigenvalue weighted by Crippen LogP contribution is -3.00. The number of aryl methyl sites for hydroxylation is 2. The van der Waals surface area contributed by atoms with Gasteiger partial charge in [0.25, 0.3) is 0 Å². The van der Waals surface area contributed by atoms with Crippen LogP contribution in [-0.4, -0.2) is 22.5 Å². The largest absolute Gasteiger partial charge is 1.00 e. The van der Waals surface area contributed by atoms with Gasteiger partial charge in [0, 0.05) is 35.4 Å². The molecule has 0 saturated heterocycles. The van der Waals surface area contributed by atoms with Gasteiger partial charge in [-0.2, -0.15) is 0 Å². The van der Waals surface area contributed by atoms with E-state index in [1.807, 2.05) is 53.6 Å². The fraction of sp³-hybridized carbons (Fsp3) is 0.200. The van der Waals surface area contributed by atoms with Gasteiger partial charge in [0.05, 0.1) is 12.6 Å². The van der Waals surface area contributed by atoms with Gasteiger partial charge in [-0.25, -0.2) is 9.13 Å². The summed E-state index contributed by atoms with van der Waals surface area (Å²) in [7, 11) is 0. The number of aromatic nitrogens is 2. The van der Waals surface area contributed by atoms with E-state index in [9.17, 15) is 0 Å². The minimum atomic E-state index is 0. The summed E-state index contributed by atoms with van der Waals surface area (Å²) in [6.45, 7) is 1.74. The second kappa shape index (κ2) is 11.5. The van der Waals surface area contributed by atoms with Crippen molar-refractivity contribution in [1.82, 2.24) is 0 Å². The van der Waals surface area contributed by atoms with Crippen molar-refractivity contribution < 1.29 is 53.5 Å². The molecule has 2 aromatic rings. The Balaban J connectivity index is 0.00000264. The summed E-state index contributed by atoms with van der Waals surface area (Å²) in [6.07, 6.45) is 10.1. The number of halogens is 2. The first-order chi connectivity index (χ1) is 10.7. The summed E-state index contributed by atoms with van der Waals surface area (Å²) in [5, 5.41) is 23.0. The molecule has 0 aliphatic rings. The smallest absolute Gasteiger partial charge is 0.170 e. The van der Waals surface area contributed by atoms with E-state index in [1.165, 1.54) is 6.21 Å². The normalized spacial score (nSPS) is 10.9. The number of pyridine rings is 2. The fourth-order valence-electron chi connectivity index (χ4n) is 2.04. The van der Waals surface area contributed by atoms with E-state index in [0.717, 1.165) is 25.1 Å². The summed E-state index contributed by atoms with van der Waals surface area (Å²) in [4.78, 5) is 0. The predicted octanol–water partition coefficient (Wildman–Crippen LogP) is -5.74. The SMILES string of the molecule is N/C(=N\O)c1cc[n+](CCC[n+]2ccc(/C=N/O)cc2)cc1.[Br-].[Br-]. The Morgan fingerprint density at radius 2 is 1.46 bits per heavy atom. The van der Waals surface area contributed by atoms with Gasteiger partial charge in [0.1, 0.15) is 0 Å². The summed E-state index contributed by atoms with van der Waals surface area (Å²) in [5.74, 6) is 0.106. The van der Waals surface area contributed by atoms with Crippen LogP contribution < -0.4 is 48.8 Å². The van der Waals surface area contributed by atoms with E-state index in [1.54, 1.807) is 0 Å². The topological polar surface area (TPSA) is 99.0 Å². The Kier molecular flexibility index (Phi) is 10.6. The lowest BCUT2D eigenvalue weighted by molar-refractivity contribution is -0.726. The van der Waals surface area contributed by atoms with Crippen molar-refractivity contribution in [3.63, 3.8) is 0 Å². The second-order valence-corrected chi connectivity index (χ2v) is 4.78. The maximum absolute atomic E-state index is 8.61. The van der Waals surface area contributed by atoms with Gasteiger partial charge in [0.2, 0.25) is 0 Å². The Morgan fingerprint density at radius 3 is 1.92 bits per heavy atom. The first kappa shape index (κ1) is 22.0. The van der Waals surface area contributed by atoms with Gasteiger partial charge >= 0.3 is 0 Å². The number of hydrogen-bond acceptors (Lipinski definition) is 4. The predicted molar refractivity (Wildman–Crippen MR) is 79.8 cm³/mol. The molecule has 2 rings (SSSR count). The molecule has 24 heavy (non-hydrogen) atoms. The number of nitrogens with zero attached hydrogens (tertiary/aromatic N) is 4. The number of amidine groups is 1. The molecule has 0 atom stereocenters. The number of nitrogens with two attached hydrogens (primary N) is 1. The van der Waals surface area contributed by atoms with Crippen LogP contribution in [0.15, 0.2) is 59.4 Å². The Hall–Kier alpha value is -2.00. The molecule has 0 aliphatic heterocycles.